The molecule has 0 spiro atoms. The minimum absolute atomic E-state index is 0.639. The summed E-state index contributed by atoms with van der Waals surface area (Å²) in [6.07, 6.45) is 1.54. The number of nitrogens with zero attached hydrogens (tertiary/aromatic N) is 3. The van der Waals surface area contributed by atoms with E-state index in [1.54, 1.807) is 14.2 Å². The molecule has 0 aliphatic heterocycles. The molecule has 1 heterocycles. The number of nitrogen functional groups attached to an aromatic ring is 1. The average Bonchev–Trinajstić information content (AvgIpc) is 2.60. The van der Waals surface area contributed by atoms with Gasteiger partial charge >= 0.3 is 0 Å². The third-order valence-electron chi connectivity index (χ3n) is 3.72. The molecule has 2 aromatic carbocycles. The molecule has 6 heteroatoms. The molecule has 0 saturated carbocycles. The molecule has 0 amide bonds. The predicted molar refractivity (Wildman–Crippen MR) is 91.6 cm³/mol. The van der Waals surface area contributed by atoms with Gasteiger partial charge in [0.25, 0.3) is 0 Å². The number of methoxy groups -OCH3 is 2. The molecule has 3 rings (SSSR count). The van der Waals surface area contributed by atoms with Crippen molar-refractivity contribution in [3.8, 4) is 11.5 Å². The zero-order valence-corrected chi connectivity index (χ0v) is 13.3. The second kappa shape index (κ2) is 6.00. The molecule has 6 nitrogen and oxygen atoms in total. The van der Waals surface area contributed by atoms with Gasteiger partial charge in [0, 0.05) is 29.9 Å². The zero-order chi connectivity index (χ0) is 16.4. The van der Waals surface area contributed by atoms with E-state index in [0.29, 0.717) is 11.5 Å². The maximum absolute atomic E-state index is 5.75. The summed E-state index contributed by atoms with van der Waals surface area (Å²) in [4.78, 5) is 10.7. The number of benzene rings is 2. The maximum atomic E-state index is 5.75. The van der Waals surface area contributed by atoms with E-state index in [2.05, 4.69) is 9.97 Å². The van der Waals surface area contributed by atoms with E-state index in [4.69, 9.17) is 15.2 Å². The standard InChI is InChI=1S/C17H18N4O2/c1-21(12-6-4-11(18)5-7-12)17-13-8-15(22-2)16(23-3)9-14(13)19-10-20-17/h4-10H,18H2,1-3H3. The highest BCUT2D eigenvalue weighted by molar-refractivity contribution is 5.93. The Balaban J connectivity index is 2.15. The summed E-state index contributed by atoms with van der Waals surface area (Å²) in [5, 5.41) is 0.879. The number of rotatable bonds is 4. The summed E-state index contributed by atoms with van der Waals surface area (Å²) in [6, 6.07) is 11.3. The lowest BCUT2D eigenvalue weighted by Crippen LogP contribution is -2.12. The first-order valence-electron chi connectivity index (χ1n) is 7.10. The van der Waals surface area contributed by atoms with E-state index in [0.717, 1.165) is 28.1 Å². The molecule has 0 radical (unpaired) electrons. The number of anilines is 3. The largest absolute Gasteiger partial charge is 0.493 e. The second-order valence-electron chi connectivity index (χ2n) is 5.07. The van der Waals surface area contributed by atoms with Crippen LogP contribution in [0.4, 0.5) is 17.2 Å². The van der Waals surface area contributed by atoms with Gasteiger partial charge in [0.1, 0.15) is 12.1 Å². The molecule has 0 aliphatic carbocycles. The Bertz CT molecular complexity index is 834. The molecule has 0 atom stereocenters. The van der Waals surface area contributed by atoms with Crippen LogP contribution in [0, 0.1) is 0 Å². The van der Waals surface area contributed by atoms with Crippen molar-refractivity contribution in [1.82, 2.24) is 9.97 Å². The Hall–Kier alpha value is -3.02. The molecule has 0 bridgehead atoms. The molecular formula is C17H18N4O2. The summed E-state index contributed by atoms with van der Waals surface area (Å²) in [6.45, 7) is 0. The van der Waals surface area contributed by atoms with Crippen LogP contribution in [0.5, 0.6) is 11.5 Å². The minimum atomic E-state index is 0.639. The molecule has 0 fully saturated rings. The monoisotopic (exact) mass is 310 g/mol. The van der Waals surface area contributed by atoms with Crippen molar-refractivity contribution in [2.75, 3.05) is 31.9 Å². The highest BCUT2D eigenvalue weighted by Gasteiger charge is 2.14. The lowest BCUT2D eigenvalue weighted by atomic mass is 10.2. The molecule has 0 aliphatic rings. The van der Waals surface area contributed by atoms with Gasteiger partial charge in [-0.2, -0.15) is 0 Å². The van der Waals surface area contributed by atoms with Crippen LogP contribution in [-0.4, -0.2) is 31.2 Å². The quantitative estimate of drug-likeness (QED) is 0.747. The Kier molecular flexibility index (Phi) is 3.89. The van der Waals surface area contributed by atoms with E-state index in [1.165, 1.54) is 6.33 Å². The summed E-state index contributed by atoms with van der Waals surface area (Å²) < 4.78 is 10.7. The van der Waals surface area contributed by atoms with Crippen LogP contribution in [0.3, 0.4) is 0 Å². The fourth-order valence-corrected chi connectivity index (χ4v) is 2.46. The SMILES string of the molecule is COc1cc2ncnc(N(C)c3ccc(N)cc3)c2cc1OC. The van der Waals surface area contributed by atoms with Crippen LogP contribution in [0.1, 0.15) is 0 Å². The Labute approximate surface area is 134 Å². The number of ether oxygens (including phenoxy) is 2. The molecular weight excluding hydrogens is 292 g/mol. The third-order valence-corrected chi connectivity index (χ3v) is 3.72. The first-order valence-corrected chi connectivity index (χ1v) is 7.10. The van der Waals surface area contributed by atoms with Crippen molar-refractivity contribution in [3.05, 3.63) is 42.7 Å². The maximum Gasteiger partial charge on any atom is 0.162 e. The molecule has 0 unspecified atom stereocenters. The summed E-state index contributed by atoms with van der Waals surface area (Å²) in [7, 11) is 5.16. The number of fused-ring (bicyclic) bond motifs is 1. The van der Waals surface area contributed by atoms with E-state index >= 15 is 0 Å². The van der Waals surface area contributed by atoms with Gasteiger partial charge in [-0.15, -0.1) is 0 Å². The predicted octanol–water partition coefficient (Wildman–Crippen LogP) is 3.00. The lowest BCUT2D eigenvalue weighted by Gasteiger charge is -2.20. The van der Waals surface area contributed by atoms with Gasteiger partial charge in [-0.3, -0.25) is 0 Å². The number of hydrogen-bond donors (Lipinski definition) is 1. The highest BCUT2D eigenvalue weighted by atomic mass is 16.5. The van der Waals surface area contributed by atoms with Crippen molar-refractivity contribution in [1.29, 1.82) is 0 Å². The minimum Gasteiger partial charge on any atom is -0.493 e. The van der Waals surface area contributed by atoms with Crippen molar-refractivity contribution in [2.24, 2.45) is 0 Å². The number of aromatic nitrogens is 2. The van der Waals surface area contributed by atoms with Gasteiger partial charge in [0.15, 0.2) is 11.5 Å². The third kappa shape index (κ3) is 2.70. The summed E-state index contributed by atoms with van der Waals surface area (Å²) in [5.41, 5.74) is 8.24. The van der Waals surface area contributed by atoms with Crippen LogP contribution < -0.4 is 20.1 Å². The molecule has 1 aromatic heterocycles. The first-order chi connectivity index (χ1) is 11.1. The topological polar surface area (TPSA) is 73.5 Å². The highest BCUT2D eigenvalue weighted by Crippen LogP contribution is 2.36. The van der Waals surface area contributed by atoms with Crippen molar-refractivity contribution < 1.29 is 9.47 Å². The summed E-state index contributed by atoms with van der Waals surface area (Å²) in [5.74, 6) is 2.06. The van der Waals surface area contributed by atoms with Crippen molar-refractivity contribution >= 4 is 28.1 Å². The summed E-state index contributed by atoms with van der Waals surface area (Å²) >= 11 is 0. The zero-order valence-electron chi connectivity index (χ0n) is 13.3. The smallest absolute Gasteiger partial charge is 0.162 e. The normalized spacial score (nSPS) is 10.6. The van der Waals surface area contributed by atoms with Crippen LogP contribution in [0.2, 0.25) is 0 Å². The van der Waals surface area contributed by atoms with Gasteiger partial charge in [-0.25, -0.2) is 9.97 Å². The number of hydrogen-bond acceptors (Lipinski definition) is 6. The van der Waals surface area contributed by atoms with Crippen LogP contribution in [-0.2, 0) is 0 Å². The van der Waals surface area contributed by atoms with Crippen LogP contribution >= 0.6 is 0 Å². The van der Waals surface area contributed by atoms with Gasteiger partial charge in [-0.1, -0.05) is 0 Å². The van der Waals surface area contributed by atoms with E-state index in [1.807, 2.05) is 48.3 Å². The Morgan fingerprint density at radius 1 is 0.957 bits per heavy atom. The molecule has 118 valence electrons. The number of nitrogens with two attached hydrogens (primary N) is 1. The van der Waals surface area contributed by atoms with Gasteiger partial charge in [0.2, 0.25) is 0 Å². The van der Waals surface area contributed by atoms with E-state index in [-0.39, 0.29) is 0 Å². The Morgan fingerprint density at radius 2 is 1.61 bits per heavy atom. The van der Waals surface area contributed by atoms with Gasteiger partial charge in [0.05, 0.1) is 19.7 Å². The van der Waals surface area contributed by atoms with Gasteiger partial charge in [-0.05, 0) is 30.3 Å². The first kappa shape index (κ1) is 14.9. The molecule has 3 aromatic rings. The van der Waals surface area contributed by atoms with E-state index < -0.39 is 0 Å². The van der Waals surface area contributed by atoms with Crippen LogP contribution in [0.25, 0.3) is 10.9 Å². The average molecular weight is 310 g/mol. The Morgan fingerprint density at radius 3 is 2.26 bits per heavy atom. The van der Waals surface area contributed by atoms with Crippen LogP contribution in [0.15, 0.2) is 42.7 Å². The fraction of sp³-hybridized carbons (Fsp3) is 0.176. The fourth-order valence-electron chi connectivity index (χ4n) is 2.46. The molecule has 23 heavy (non-hydrogen) atoms. The van der Waals surface area contributed by atoms with Crippen molar-refractivity contribution in [3.63, 3.8) is 0 Å². The van der Waals surface area contributed by atoms with Crippen molar-refractivity contribution in [2.45, 2.75) is 0 Å². The second-order valence-corrected chi connectivity index (χ2v) is 5.07. The van der Waals surface area contributed by atoms with Gasteiger partial charge < -0.3 is 20.1 Å². The molecule has 2 N–H and O–H groups in total. The van der Waals surface area contributed by atoms with E-state index in [9.17, 15) is 0 Å². The molecule has 0 saturated heterocycles. The lowest BCUT2D eigenvalue weighted by molar-refractivity contribution is 0.356.